The molecule has 0 amide bonds. The lowest BCUT2D eigenvalue weighted by atomic mass is 10.2. The van der Waals surface area contributed by atoms with Crippen molar-refractivity contribution >= 4 is 27.6 Å². The topological polar surface area (TPSA) is 110 Å². The molecule has 0 saturated carbocycles. The van der Waals surface area contributed by atoms with E-state index in [0.29, 0.717) is 6.07 Å². The van der Waals surface area contributed by atoms with Crippen LogP contribution < -0.4 is 4.72 Å². The zero-order chi connectivity index (χ0) is 16.0. The van der Waals surface area contributed by atoms with E-state index in [9.17, 15) is 22.4 Å². The highest BCUT2D eigenvalue weighted by molar-refractivity contribution is 7.92. The molecular formula is C12H14FNO6S. The Hall–Kier alpha value is -2.16. The van der Waals surface area contributed by atoms with Gasteiger partial charge < -0.3 is 9.84 Å². The molecule has 0 saturated heterocycles. The molecule has 1 aromatic rings. The largest absolute Gasteiger partial charge is 0.478 e. The summed E-state index contributed by atoms with van der Waals surface area (Å²) in [7, 11) is -3.94. The summed E-state index contributed by atoms with van der Waals surface area (Å²) in [4.78, 5) is 21.7. The second-order valence-electron chi connectivity index (χ2n) is 3.98. The molecule has 0 radical (unpaired) electrons. The number of benzene rings is 1. The number of aromatic carboxylic acids is 1. The fraction of sp³-hybridized carbons (Fsp3) is 0.333. The van der Waals surface area contributed by atoms with Gasteiger partial charge in [-0.05, 0) is 25.1 Å². The minimum atomic E-state index is -3.94. The number of hydrogen-bond donors (Lipinski definition) is 2. The third-order valence-electron chi connectivity index (χ3n) is 2.36. The summed E-state index contributed by atoms with van der Waals surface area (Å²) in [6, 6.07) is 2.76. The molecule has 21 heavy (non-hydrogen) atoms. The van der Waals surface area contributed by atoms with Gasteiger partial charge >= 0.3 is 11.9 Å². The number of ether oxygens (including phenoxy) is 1. The lowest BCUT2D eigenvalue weighted by Crippen LogP contribution is -2.20. The van der Waals surface area contributed by atoms with Crippen molar-refractivity contribution in [1.29, 1.82) is 0 Å². The Morgan fingerprint density at radius 2 is 2.05 bits per heavy atom. The molecule has 2 N–H and O–H groups in total. The average Bonchev–Trinajstić information content (AvgIpc) is 2.39. The first-order valence-electron chi connectivity index (χ1n) is 5.94. The zero-order valence-corrected chi connectivity index (χ0v) is 11.9. The van der Waals surface area contributed by atoms with E-state index in [1.807, 2.05) is 4.72 Å². The number of rotatable bonds is 7. The van der Waals surface area contributed by atoms with Crippen LogP contribution in [0.5, 0.6) is 0 Å². The Kier molecular flexibility index (Phi) is 5.65. The summed E-state index contributed by atoms with van der Waals surface area (Å²) in [6.45, 7) is 1.72. The van der Waals surface area contributed by atoms with Crippen LogP contribution in [0.1, 0.15) is 23.7 Å². The zero-order valence-electron chi connectivity index (χ0n) is 11.1. The van der Waals surface area contributed by atoms with E-state index in [4.69, 9.17) is 5.11 Å². The van der Waals surface area contributed by atoms with Crippen LogP contribution in [0.3, 0.4) is 0 Å². The maximum atomic E-state index is 13.6. The molecule has 0 fully saturated rings. The number of hydrogen-bond acceptors (Lipinski definition) is 5. The number of sulfonamides is 1. The molecule has 1 rings (SSSR count). The normalized spacial score (nSPS) is 11.0. The van der Waals surface area contributed by atoms with Gasteiger partial charge in [-0.1, -0.05) is 0 Å². The molecule has 0 atom stereocenters. The second kappa shape index (κ2) is 7.02. The van der Waals surface area contributed by atoms with Crippen LogP contribution in [0, 0.1) is 5.82 Å². The first-order chi connectivity index (χ1) is 9.75. The minimum absolute atomic E-state index is 0.136. The highest BCUT2D eigenvalue weighted by Crippen LogP contribution is 2.17. The summed E-state index contributed by atoms with van der Waals surface area (Å²) >= 11 is 0. The first-order valence-corrected chi connectivity index (χ1v) is 7.59. The first kappa shape index (κ1) is 16.9. The van der Waals surface area contributed by atoms with E-state index >= 15 is 0 Å². The maximum Gasteiger partial charge on any atom is 0.335 e. The summed E-state index contributed by atoms with van der Waals surface area (Å²) in [5.41, 5.74) is -0.689. The number of carbonyl (C=O) groups excluding carboxylic acids is 1. The summed E-state index contributed by atoms with van der Waals surface area (Å²) in [5, 5.41) is 8.67. The fourth-order valence-corrected chi connectivity index (χ4v) is 2.44. The van der Waals surface area contributed by atoms with Gasteiger partial charge in [0.15, 0.2) is 0 Å². The van der Waals surface area contributed by atoms with Crippen molar-refractivity contribution < 1.29 is 32.2 Å². The van der Waals surface area contributed by atoms with Crippen LogP contribution in [-0.2, 0) is 19.6 Å². The molecule has 0 bridgehead atoms. The van der Waals surface area contributed by atoms with E-state index in [1.54, 1.807) is 6.92 Å². The molecule has 0 heterocycles. The van der Waals surface area contributed by atoms with Crippen LogP contribution in [0.4, 0.5) is 10.1 Å². The van der Waals surface area contributed by atoms with Crippen LogP contribution in [0.25, 0.3) is 0 Å². The van der Waals surface area contributed by atoms with E-state index in [-0.39, 0.29) is 24.3 Å². The van der Waals surface area contributed by atoms with Gasteiger partial charge in [-0.3, -0.25) is 9.52 Å². The number of carboxylic acids is 1. The number of carboxylic acid groups (broad SMARTS) is 1. The molecule has 0 aliphatic rings. The van der Waals surface area contributed by atoms with Gasteiger partial charge in [-0.25, -0.2) is 17.6 Å². The monoisotopic (exact) mass is 319 g/mol. The third kappa shape index (κ3) is 5.38. The molecule has 0 unspecified atom stereocenters. The highest BCUT2D eigenvalue weighted by atomic mass is 32.2. The second-order valence-corrected chi connectivity index (χ2v) is 5.82. The predicted octanol–water partition coefficient (Wildman–Crippen LogP) is 1.22. The Balaban J connectivity index is 2.75. The molecule has 116 valence electrons. The van der Waals surface area contributed by atoms with Gasteiger partial charge in [0.25, 0.3) is 0 Å². The standard InChI is InChI=1S/C12H14FNO6S/c1-2-20-11(15)5-6-21(18,19)14-10-4-3-8(12(16)17)7-9(10)13/h3-4,7,14H,2,5-6H2,1H3,(H,16,17). The van der Waals surface area contributed by atoms with Gasteiger partial charge in [-0.2, -0.15) is 0 Å². The van der Waals surface area contributed by atoms with Crippen LogP contribution >= 0.6 is 0 Å². The van der Waals surface area contributed by atoms with Gasteiger partial charge in [0.2, 0.25) is 10.0 Å². The molecule has 0 aliphatic heterocycles. The lowest BCUT2D eigenvalue weighted by molar-refractivity contribution is -0.142. The van der Waals surface area contributed by atoms with E-state index in [2.05, 4.69) is 4.74 Å². The number of anilines is 1. The lowest BCUT2D eigenvalue weighted by Gasteiger charge is -2.09. The van der Waals surface area contributed by atoms with E-state index in [0.717, 1.165) is 12.1 Å². The smallest absolute Gasteiger partial charge is 0.335 e. The van der Waals surface area contributed by atoms with Crippen molar-refractivity contribution in [1.82, 2.24) is 0 Å². The van der Waals surface area contributed by atoms with Gasteiger partial charge in [-0.15, -0.1) is 0 Å². The van der Waals surface area contributed by atoms with Gasteiger partial charge in [0, 0.05) is 0 Å². The van der Waals surface area contributed by atoms with Gasteiger partial charge in [0.05, 0.1) is 30.0 Å². The fourth-order valence-electron chi connectivity index (χ4n) is 1.40. The minimum Gasteiger partial charge on any atom is -0.478 e. The number of nitrogens with one attached hydrogen (secondary N) is 1. The van der Waals surface area contributed by atoms with Gasteiger partial charge in [0.1, 0.15) is 5.82 Å². The average molecular weight is 319 g/mol. The van der Waals surface area contributed by atoms with Crippen molar-refractivity contribution in [3.63, 3.8) is 0 Å². The molecule has 0 aliphatic carbocycles. The summed E-state index contributed by atoms with van der Waals surface area (Å²) in [6.07, 6.45) is -0.363. The van der Waals surface area contributed by atoms with E-state index in [1.165, 1.54) is 0 Å². The quantitative estimate of drug-likeness (QED) is 0.731. The molecule has 0 aromatic heterocycles. The molecular weight excluding hydrogens is 305 g/mol. The Morgan fingerprint density at radius 3 is 2.57 bits per heavy atom. The Bertz CT molecular complexity index is 643. The van der Waals surface area contributed by atoms with Crippen molar-refractivity contribution in [3.05, 3.63) is 29.6 Å². The Labute approximate surface area is 120 Å². The van der Waals surface area contributed by atoms with Crippen molar-refractivity contribution in [3.8, 4) is 0 Å². The van der Waals surface area contributed by atoms with Crippen LogP contribution in [-0.4, -0.2) is 37.8 Å². The summed E-state index contributed by atoms with van der Waals surface area (Å²) in [5.74, 6) is -3.59. The Morgan fingerprint density at radius 1 is 1.38 bits per heavy atom. The maximum absolute atomic E-state index is 13.6. The van der Waals surface area contributed by atoms with Crippen molar-refractivity contribution in [2.45, 2.75) is 13.3 Å². The molecule has 7 nitrogen and oxygen atoms in total. The SMILES string of the molecule is CCOC(=O)CCS(=O)(=O)Nc1ccc(C(=O)O)cc1F. The summed E-state index contributed by atoms with van der Waals surface area (Å²) < 4.78 is 43.5. The molecule has 9 heteroatoms. The van der Waals surface area contributed by atoms with Crippen LogP contribution in [0.15, 0.2) is 18.2 Å². The molecule has 1 aromatic carbocycles. The van der Waals surface area contributed by atoms with Crippen LogP contribution in [0.2, 0.25) is 0 Å². The number of halogens is 1. The van der Waals surface area contributed by atoms with Crippen molar-refractivity contribution in [2.24, 2.45) is 0 Å². The predicted molar refractivity (Wildman–Crippen MR) is 72.0 cm³/mol. The number of carbonyl (C=O) groups is 2. The molecule has 0 spiro atoms. The third-order valence-corrected chi connectivity index (χ3v) is 3.63. The highest BCUT2D eigenvalue weighted by Gasteiger charge is 2.17. The van der Waals surface area contributed by atoms with Crippen molar-refractivity contribution in [2.75, 3.05) is 17.1 Å². The van der Waals surface area contributed by atoms with E-state index < -0.39 is 33.5 Å². The number of esters is 1.